The standard InChI is InChI=1S/C21H27NO2/c1-13-10-11-19(12-15(13)3)17(5)22-21(23)18(6)24-20-9-7-8-14(2)16(20)4/h7-12,17-18H,1-6H3,(H,22,23). The van der Waals surface area contributed by atoms with E-state index < -0.39 is 6.10 Å². The summed E-state index contributed by atoms with van der Waals surface area (Å²) in [6.07, 6.45) is -0.542. The number of aryl methyl sites for hydroxylation is 3. The van der Waals surface area contributed by atoms with Crippen LogP contribution in [0.2, 0.25) is 0 Å². The summed E-state index contributed by atoms with van der Waals surface area (Å²) in [7, 11) is 0. The van der Waals surface area contributed by atoms with Crippen molar-refractivity contribution in [1.29, 1.82) is 0 Å². The minimum Gasteiger partial charge on any atom is -0.481 e. The molecule has 3 nitrogen and oxygen atoms in total. The van der Waals surface area contributed by atoms with Crippen molar-refractivity contribution in [1.82, 2.24) is 5.32 Å². The molecule has 0 heterocycles. The van der Waals surface area contributed by atoms with Gasteiger partial charge in [-0.1, -0.05) is 30.3 Å². The molecule has 128 valence electrons. The van der Waals surface area contributed by atoms with Gasteiger partial charge in [0.25, 0.3) is 5.91 Å². The van der Waals surface area contributed by atoms with Crippen molar-refractivity contribution in [3.8, 4) is 5.75 Å². The molecule has 0 aliphatic carbocycles. The lowest BCUT2D eigenvalue weighted by atomic mass is 10.0. The summed E-state index contributed by atoms with van der Waals surface area (Å²) in [6.45, 7) is 12.0. The monoisotopic (exact) mass is 325 g/mol. The van der Waals surface area contributed by atoms with Gasteiger partial charge in [0.05, 0.1) is 6.04 Å². The van der Waals surface area contributed by atoms with E-state index in [1.165, 1.54) is 11.1 Å². The molecule has 0 aromatic heterocycles. The van der Waals surface area contributed by atoms with Gasteiger partial charge in [0, 0.05) is 0 Å². The Kier molecular flexibility index (Phi) is 5.66. The van der Waals surface area contributed by atoms with Crippen molar-refractivity contribution < 1.29 is 9.53 Å². The van der Waals surface area contributed by atoms with E-state index in [0.29, 0.717) is 0 Å². The van der Waals surface area contributed by atoms with Crippen LogP contribution in [0.3, 0.4) is 0 Å². The normalized spacial score (nSPS) is 13.2. The van der Waals surface area contributed by atoms with Crippen LogP contribution >= 0.6 is 0 Å². The predicted octanol–water partition coefficient (Wildman–Crippen LogP) is 4.56. The number of carbonyl (C=O) groups excluding carboxylic acids is 1. The van der Waals surface area contributed by atoms with Gasteiger partial charge in [-0.05, 0) is 75.4 Å². The van der Waals surface area contributed by atoms with E-state index in [2.05, 4.69) is 37.4 Å². The molecular weight excluding hydrogens is 298 g/mol. The molecule has 1 N–H and O–H groups in total. The van der Waals surface area contributed by atoms with Crippen molar-refractivity contribution >= 4 is 5.91 Å². The molecule has 0 radical (unpaired) electrons. The SMILES string of the molecule is Cc1ccc(C(C)NC(=O)C(C)Oc2cccc(C)c2C)cc1C. The second kappa shape index (κ2) is 7.52. The Balaban J connectivity index is 2.02. The van der Waals surface area contributed by atoms with E-state index in [0.717, 1.165) is 22.4 Å². The Labute approximate surface area is 145 Å². The van der Waals surface area contributed by atoms with Gasteiger partial charge >= 0.3 is 0 Å². The summed E-state index contributed by atoms with van der Waals surface area (Å²) in [5.41, 5.74) is 5.81. The molecule has 0 saturated heterocycles. The number of carbonyl (C=O) groups is 1. The lowest BCUT2D eigenvalue weighted by Crippen LogP contribution is -2.37. The maximum Gasteiger partial charge on any atom is 0.261 e. The first-order chi connectivity index (χ1) is 11.3. The van der Waals surface area contributed by atoms with Crippen LogP contribution in [0.15, 0.2) is 36.4 Å². The first kappa shape index (κ1) is 18.1. The molecule has 2 aromatic rings. The maximum atomic E-state index is 12.4. The highest BCUT2D eigenvalue weighted by molar-refractivity contribution is 5.81. The summed E-state index contributed by atoms with van der Waals surface area (Å²) < 4.78 is 5.86. The van der Waals surface area contributed by atoms with E-state index in [-0.39, 0.29) is 11.9 Å². The van der Waals surface area contributed by atoms with Gasteiger partial charge in [-0.25, -0.2) is 0 Å². The molecule has 24 heavy (non-hydrogen) atoms. The highest BCUT2D eigenvalue weighted by Gasteiger charge is 2.18. The fourth-order valence-corrected chi connectivity index (χ4v) is 2.54. The number of ether oxygens (including phenoxy) is 1. The van der Waals surface area contributed by atoms with Crippen molar-refractivity contribution in [2.75, 3.05) is 0 Å². The van der Waals surface area contributed by atoms with Gasteiger partial charge in [-0.15, -0.1) is 0 Å². The van der Waals surface area contributed by atoms with Crippen LogP contribution in [0.4, 0.5) is 0 Å². The molecule has 0 spiro atoms. The molecule has 0 saturated carbocycles. The molecule has 0 aliphatic heterocycles. The first-order valence-electron chi connectivity index (χ1n) is 8.40. The number of hydrogen-bond acceptors (Lipinski definition) is 2. The largest absolute Gasteiger partial charge is 0.481 e. The van der Waals surface area contributed by atoms with Crippen LogP contribution in [0.1, 0.15) is 47.7 Å². The lowest BCUT2D eigenvalue weighted by Gasteiger charge is -2.20. The molecule has 2 unspecified atom stereocenters. The van der Waals surface area contributed by atoms with E-state index in [4.69, 9.17) is 4.74 Å². The third-order valence-electron chi connectivity index (χ3n) is 4.62. The highest BCUT2D eigenvalue weighted by Crippen LogP contribution is 2.22. The predicted molar refractivity (Wildman–Crippen MR) is 98.5 cm³/mol. The third-order valence-corrected chi connectivity index (χ3v) is 4.62. The van der Waals surface area contributed by atoms with Gasteiger partial charge in [0.1, 0.15) is 5.75 Å². The van der Waals surface area contributed by atoms with E-state index >= 15 is 0 Å². The third kappa shape index (κ3) is 4.16. The summed E-state index contributed by atoms with van der Waals surface area (Å²) >= 11 is 0. The zero-order chi connectivity index (χ0) is 17.9. The Morgan fingerprint density at radius 3 is 2.33 bits per heavy atom. The van der Waals surface area contributed by atoms with Crippen molar-refractivity contribution in [2.24, 2.45) is 0 Å². The maximum absolute atomic E-state index is 12.4. The Bertz CT molecular complexity index is 737. The summed E-state index contributed by atoms with van der Waals surface area (Å²) in [5.74, 6) is 0.651. The summed E-state index contributed by atoms with van der Waals surface area (Å²) in [6, 6.07) is 12.1. The zero-order valence-corrected chi connectivity index (χ0v) is 15.4. The topological polar surface area (TPSA) is 38.3 Å². The van der Waals surface area contributed by atoms with Crippen LogP contribution in [0.5, 0.6) is 5.75 Å². The summed E-state index contributed by atoms with van der Waals surface area (Å²) in [4.78, 5) is 12.4. The first-order valence-corrected chi connectivity index (χ1v) is 8.40. The lowest BCUT2D eigenvalue weighted by molar-refractivity contribution is -0.127. The Morgan fingerprint density at radius 1 is 0.958 bits per heavy atom. The van der Waals surface area contributed by atoms with Crippen LogP contribution in [-0.4, -0.2) is 12.0 Å². The number of nitrogens with one attached hydrogen (secondary N) is 1. The van der Waals surface area contributed by atoms with E-state index in [1.807, 2.05) is 39.0 Å². The molecule has 0 aliphatic rings. The van der Waals surface area contributed by atoms with Gasteiger partial charge < -0.3 is 10.1 Å². The number of rotatable bonds is 5. The van der Waals surface area contributed by atoms with Crippen LogP contribution < -0.4 is 10.1 Å². The van der Waals surface area contributed by atoms with Gasteiger partial charge in [0.15, 0.2) is 6.10 Å². The van der Waals surface area contributed by atoms with Crippen LogP contribution in [-0.2, 0) is 4.79 Å². The minimum absolute atomic E-state index is 0.0542. The molecular formula is C21H27NO2. The molecule has 0 fully saturated rings. The minimum atomic E-state index is -0.542. The van der Waals surface area contributed by atoms with E-state index in [1.54, 1.807) is 6.92 Å². The van der Waals surface area contributed by atoms with Gasteiger partial charge in [-0.2, -0.15) is 0 Å². The molecule has 0 bridgehead atoms. The number of benzene rings is 2. The molecule has 2 rings (SSSR count). The van der Waals surface area contributed by atoms with Crippen molar-refractivity contribution in [3.63, 3.8) is 0 Å². The second-order valence-corrected chi connectivity index (χ2v) is 6.53. The fraction of sp³-hybridized carbons (Fsp3) is 0.381. The number of hydrogen-bond donors (Lipinski definition) is 1. The quantitative estimate of drug-likeness (QED) is 0.875. The van der Waals surface area contributed by atoms with Gasteiger partial charge in [0.2, 0.25) is 0 Å². The van der Waals surface area contributed by atoms with Crippen molar-refractivity contribution in [2.45, 2.75) is 53.7 Å². The molecule has 3 heteroatoms. The Hall–Kier alpha value is -2.29. The molecule has 2 aromatic carbocycles. The molecule has 1 amide bonds. The second-order valence-electron chi connectivity index (χ2n) is 6.53. The van der Waals surface area contributed by atoms with Crippen LogP contribution in [0, 0.1) is 27.7 Å². The van der Waals surface area contributed by atoms with Crippen LogP contribution in [0.25, 0.3) is 0 Å². The van der Waals surface area contributed by atoms with E-state index in [9.17, 15) is 4.79 Å². The summed E-state index contributed by atoms with van der Waals surface area (Å²) in [5, 5.41) is 3.03. The zero-order valence-electron chi connectivity index (χ0n) is 15.4. The molecule has 2 atom stereocenters. The highest BCUT2D eigenvalue weighted by atomic mass is 16.5. The number of amides is 1. The smallest absolute Gasteiger partial charge is 0.261 e. The average molecular weight is 325 g/mol. The van der Waals surface area contributed by atoms with Gasteiger partial charge in [-0.3, -0.25) is 4.79 Å². The Morgan fingerprint density at radius 2 is 1.67 bits per heavy atom. The van der Waals surface area contributed by atoms with Crippen molar-refractivity contribution in [3.05, 3.63) is 64.2 Å². The average Bonchev–Trinajstić information content (AvgIpc) is 2.54. The fourth-order valence-electron chi connectivity index (χ4n) is 2.54.